The van der Waals surface area contributed by atoms with Crippen LogP contribution >= 0.6 is 0 Å². The molecule has 112 valence electrons. The molecule has 4 heteroatoms. The van der Waals surface area contributed by atoms with Crippen molar-refractivity contribution in [1.29, 1.82) is 0 Å². The maximum Gasteiger partial charge on any atom is 0.573 e. The summed E-state index contributed by atoms with van der Waals surface area (Å²) in [5, 5.41) is 0. The standard InChI is InChI=1S/C17H17F3O/c1-16(2,3)14-9-7-12(8-10-14)13-5-4-6-15(11-13)21-17(18,19)20/h4-11H,1-3H3. The third-order valence-electron chi connectivity index (χ3n) is 3.15. The zero-order chi connectivity index (χ0) is 15.7. The molecule has 0 atom stereocenters. The number of ether oxygens (including phenoxy) is 1. The largest absolute Gasteiger partial charge is 0.573 e. The van der Waals surface area contributed by atoms with E-state index >= 15 is 0 Å². The predicted molar refractivity (Wildman–Crippen MR) is 77.3 cm³/mol. The van der Waals surface area contributed by atoms with Crippen LogP contribution in [0.25, 0.3) is 11.1 Å². The highest BCUT2D eigenvalue weighted by Gasteiger charge is 2.31. The molecule has 2 aromatic rings. The molecule has 0 radical (unpaired) electrons. The number of benzene rings is 2. The van der Waals surface area contributed by atoms with Gasteiger partial charge < -0.3 is 4.74 Å². The van der Waals surface area contributed by atoms with E-state index in [2.05, 4.69) is 25.5 Å². The predicted octanol–water partition coefficient (Wildman–Crippen LogP) is 5.55. The van der Waals surface area contributed by atoms with Gasteiger partial charge in [0.25, 0.3) is 0 Å². The molecule has 2 aromatic carbocycles. The van der Waals surface area contributed by atoms with Crippen molar-refractivity contribution in [3.05, 3.63) is 54.1 Å². The Balaban J connectivity index is 2.28. The van der Waals surface area contributed by atoms with Crippen molar-refractivity contribution < 1.29 is 17.9 Å². The van der Waals surface area contributed by atoms with Crippen LogP contribution in [0, 0.1) is 0 Å². The maximum absolute atomic E-state index is 12.2. The van der Waals surface area contributed by atoms with Crippen LogP contribution in [0.3, 0.4) is 0 Å². The number of hydrogen-bond donors (Lipinski definition) is 0. The van der Waals surface area contributed by atoms with Crippen molar-refractivity contribution in [1.82, 2.24) is 0 Å². The molecule has 0 saturated heterocycles. The van der Waals surface area contributed by atoms with E-state index in [1.54, 1.807) is 12.1 Å². The van der Waals surface area contributed by atoms with E-state index in [9.17, 15) is 13.2 Å². The molecule has 0 unspecified atom stereocenters. The smallest absolute Gasteiger partial charge is 0.406 e. The molecule has 0 aliphatic carbocycles. The average molecular weight is 294 g/mol. The summed E-state index contributed by atoms with van der Waals surface area (Å²) < 4.78 is 40.7. The normalized spacial score (nSPS) is 12.3. The second kappa shape index (κ2) is 5.43. The average Bonchev–Trinajstić information content (AvgIpc) is 2.36. The monoisotopic (exact) mass is 294 g/mol. The van der Waals surface area contributed by atoms with Crippen LogP contribution in [0.15, 0.2) is 48.5 Å². The van der Waals surface area contributed by atoms with Gasteiger partial charge >= 0.3 is 6.36 Å². The second-order valence-electron chi connectivity index (χ2n) is 5.90. The van der Waals surface area contributed by atoms with Gasteiger partial charge in [-0.25, -0.2) is 0 Å². The van der Waals surface area contributed by atoms with Gasteiger partial charge in [0.2, 0.25) is 0 Å². The van der Waals surface area contributed by atoms with E-state index in [-0.39, 0.29) is 11.2 Å². The summed E-state index contributed by atoms with van der Waals surface area (Å²) in [6, 6.07) is 13.8. The Kier molecular flexibility index (Phi) is 3.99. The SMILES string of the molecule is CC(C)(C)c1ccc(-c2cccc(OC(F)(F)F)c2)cc1. The molecule has 0 fully saturated rings. The lowest BCUT2D eigenvalue weighted by molar-refractivity contribution is -0.274. The van der Waals surface area contributed by atoms with Gasteiger partial charge in [0, 0.05) is 0 Å². The van der Waals surface area contributed by atoms with Crippen molar-refractivity contribution in [2.24, 2.45) is 0 Å². The molecule has 0 amide bonds. The third-order valence-corrected chi connectivity index (χ3v) is 3.15. The van der Waals surface area contributed by atoms with Crippen LogP contribution in [0.4, 0.5) is 13.2 Å². The summed E-state index contributed by atoms with van der Waals surface area (Å²) in [6.45, 7) is 6.33. The molecule has 1 nitrogen and oxygen atoms in total. The molecular weight excluding hydrogens is 277 g/mol. The van der Waals surface area contributed by atoms with Gasteiger partial charge in [-0.15, -0.1) is 13.2 Å². The number of rotatable bonds is 2. The van der Waals surface area contributed by atoms with Crippen molar-refractivity contribution in [2.45, 2.75) is 32.5 Å². The molecule has 2 rings (SSSR count). The Bertz CT molecular complexity index is 607. The molecule has 0 aromatic heterocycles. The first-order valence-electron chi connectivity index (χ1n) is 6.62. The minimum absolute atomic E-state index is 0.0414. The van der Waals surface area contributed by atoms with E-state index in [0.29, 0.717) is 5.56 Å². The molecule has 0 N–H and O–H groups in total. The summed E-state index contributed by atoms with van der Waals surface area (Å²) in [6.07, 6.45) is -4.67. The zero-order valence-corrected chi connectivity index (χ0v) is 12.2. The highest BCUT2D eigenvalue weighted by molar-refractivity contribution is 5.65. The van der Waals surface area contributed by atoms with Gasteiger partial charge in [-0.05, 0) is 34.2 Å². The van der Waals surface area contributed by atoms with Gasteiger partial charge in [0.05, 0.1) is 0 Å². The quantitative estimate of drug-likeness (QED) is 0.705. The highest BCUT2D eigenvalue weighted by Crippen LogP contribution is 2.29. The molecule has 0 saturated carbocycles. The van der Waals surface area contributed by atoms with Gasteiger partial charge in [0.1, 0.15) is 5.75 Å². The van der Waals surface area contributed by atoms with E-state index in [0.717, 1.165) is 5.56 Å². The van der Waals surface area contributed by atoms with Crippen LogP contribution in [-0.2, 0) is 5.41 Å². The highest BCUT2D eigenvalue weighted by atomic mass is 19.4. The van der Waals surface area contributed by atoms with Gasteiger partial charge in [0.15, 0.2) is 0 Å². The molecule has 0 aliphatic heterocycles. The van der Waals surface area contributed by atoms with E-state index in [1.165, 1.54) is 17.7 Å². The first-order chi connectivity index (χ1) is 9.65. The molecule has 0 spiro atoms. The van der Waals surface area contributed by atoms with Crippen molar-refractivity contribution >= 4 is 0 Å². The fourth-order valence-electron chi connectivity index (χ4n) is 2.04. The van der Waals surface area contributed by atoms with Crippen LogP contribution in [0.5, 0.6) is 5.75 Å². The van der Waals surface area contributed by atoms with E-state index in [1.807, 2.05) is 24.3 Å². The Hall–Kier alpha value is -1.97. The fourth-order valence-corrected chi connectivity index (χ4v) is 2.04. The maximum atomic E-state index is 12.2. The van der Waals surface area contributed by atoms with Gasteiger partial charge in [-0.3, -0.25) is 0 Å². The van der Waals surface area contributed by atoms with Crippen molar-refractivity contribution in [3.8, 4) is 16.9 Å². The molecule has 0 aliphatic rings. The lowest BCUT2D eigenvalue weighted by Crippen LogP contribution is -2.17. The Morgan fingerprint density at radius 3 is 1.95 bits per heavy atom. The third kappa shape index (κ3) is 4.25. The lowest BCUT2D eigenvalue weighted by atomic mass is 9.86. The Labute approximate surface area is 122 Å². The lowest BCUT2D eigenvalue weighted by Gasteiger charge is -2.19. The van der Waals surface area contributed by atoms with Crippen molar-refractivity contribution in [2.75, 3.05) is 0 Å². The van der Waals surface area contributed by atoms with Crippen LogP contribution in [0.1, 0.15) is 26.3 Å². The summed E-state index contributed by atoms with van der Waals surface area (Å²) >= 11 is 0. The molecule has 0 heterocycles. The van der Waals surface area contributed by atoms with Crippen molar-refractivity contribution in [3.63, 3.8) is 0 Å². The molecule has 0 bridgehead atoms. The zero-order valence-electron chi connectivity index (χ0n) is 12.2. The van der Waals surface area contributed by atoms with Crippen LogP contribution in [0.2, 0.25) is 0 Å². The molecule has 21 heavy (non-hydrogen) atoms. The Morgan fingerprint density at radius 2 is 1.43 bits per heavy atom. The summed E-state index contributed by atoms with van der Waals surface area (Å²) in [5.74, 6) is -0.208. The number of alkyl halides is 3. The minimum Gasteiger partial charge on any atom is -0.406 e. The topological polar surface area (TPSA) is 9.23 Å². The molecular formula is C17H17F3O. The first kappa shape index (κ1) is 15.4. The number of hydrogen-bond acceptors (Lipinski definition) is 1. The van der Waals surface area contributed by atoms with Gasteiger partial charge in [-0.2, -0.15) is 0 Å². The summed E-state index contributed by atoms with van der Waals surface area (Å²) in [4.78, 5) is 0. The van der Waals surface area contributed by atoms with E-state index < -0.39 is 6.36 Å². The number of halogens is 3. The van der Waals surface area contributed by atoms with Gasteiger partial charge in [-0.1, -0.05) is 57.2 Å². The minimum atomic E-state index is -4.67. The summed E-state index contributed by atoms with van der Waals surface area (Å²) in [7, 11) is 0. The second-order valence-corrected chi connectivity index (χ2v) is 5.90. The Morgan fingerprint density at radius 1 is 0.810 bits per heavy atom. The van der Waals surface area contributed by atoms with Crippen LogP contribution in [-0.4, -0.2) is 6.36 Å². The van der Waals surface area contributed by atoms with Crippen LogP contribution < -0.4 is 4.74 Å². The first-order valence-corrected chi connectivity index (χ1v) is 6.62. The van der Waals surface area contributed by atoms with E-state index in [4.69, 9.17) is 0 Å². The summed E-state index contributed by atoms with van der Waals surface area (Å²) in [5.41, 5.74) is 2.77. The fraction of sp³-hybridized carbons (Fsp3) is 0.294.